The molecule has 90 valence electrons. The Balaban J connectivity index is 2.72. The molecule has 1 aromatic rings. The normalized spacial score (nSPS) is 13.4. The molecule has 0 bridgehead atoms. The predicted octanol–water partition coefficient (Wildman–Crippen LogP) is 1.21. The molecule has 1 atom stereocenters. The van der Waals surface area contributed by atoms with Crippen LogP contribution in [-0.4, -0.2) is 27.3 Å². The minimum Gasteiger partial charge on any atom is -0.491 e. The molecule has 0 aliphatic rings. The fourth-order valence-electron chi connectivity index (χ4n) is 1.29. The zero-order chi connectivity index (χ0) is 12.2. The van der Waals surface area contributed by atoms with Crippen molar-refractivity contribution in [2.75, 3.05) is 12.8 Å². The largest absolute Gasteiger partial charge is 0.491 e. The van der Waals surface area contributed by atoms with E-state index in [1.807, 2.05) is 6.92 Å². The SMILES string of the molecule is CC(CCN)Oc1ccc(S(C)(=O)=O)cc1. The Morgan fingerprint density at radius 1 is 1.31 bits per heavy atom. The van der Waals surface area contributed by atoms with Gasteiger partial charge in [0.05, 0.1) is 11.0 Å². The fourth-order valence-corrected chi connectivity index (χ4v) is 1.92. The van der Waals surface area contributed by atoms with Gasteiger partial charge in [-0.25, -0.2) is 8.42 Å². The van der Waals surface area contributed by atoms with Crippen LogP contribution in [0.2, 0.25) is 0 Å². The third kappa shape index (κ3) is 3.83. The summed E-state index contributed by atoms with van der Waals surface area (Å²) in [7, 11) is -3.13. The Morgan fingerprint density at radius 2 is 1.88 bits per heavy atom. The second kappa shape index (κ2) is 5.32. The van der Waals surface area contributed by atoms with Crippen molar-refractivity contribution in [2.45, 2.75) is 24.3 Å². The first-order valence-corrected chi connectivity index (χ1v) is 6.99. The maximum atomic E-state index is 11.2. The Hall–Kier alpha value is -1.07. The summed E-state index contributed by atoms with van der Waals surface area (Å²) < 4.78 is 28.0. The van der Waals surface area contributed by atoms with Crippen LogP contribution < -0.4 is 10.5 Å². The minimum absolute atomic E-state index is 0.0362. The van der Waals surface area contributed by atoms with Crippen LogP contribution in [-0.2, 0) is 9.84 Å². The molecular weight excluding hydrogens is 226 g/mol. The van der Waals surface area contributed by atoms with Gasteiger partial charge < -0.3 is 10.5 Å². The molecular formula is C11H17NO3S. The van der Waals surface area contributed by atoms with Crippen LogP contribution in [0.3, 0.4) is 0 Å². The van der Waals surface area contributed by atoms with Gasteiger partial charge in [0.15, 0.2) is 9.84 Å². The van der Waals surface area contributed by atoms with Crippen LogP contribution in [0.5, 0.6) is 5.75 Å². The second-order valence-corrected chi connectivity index (χ2v) is 5.77. The van der Waals surface area contributed by atoms with Gasteiger partial charge in [-0.05, 0) is 44.2 Å². The van der Waals surface area contributed by atoms with Gasteiger partial charge in [-0.15, -0.1) is 0 Å². The van der Waals surface area contributed by atoms with E-state index in [0.29, 0.717) is 17.2 Å². The topological polar surface area (TPSA) is 69.4 Å². The molecule has 0 aliphatic heterocycles. The van der Waals surface area contributed by atoms with Gasteiger partial charge in [0, 0.05) is 6.26 Å². The summed E-state index contributed by atoms with van der Waals surface area (Å²) >= 11 is 0. The van der Waals surface area contributed by atoms with Gasteiger partial charge in [-0.2, -0.15) is 0 Å². The average molecular weight is 243 g/mol. The van der Waals surface area contributed by atoms with E-state index in [9.17, 15) is 8.42 Å². The summed E-state index contributed by atoms with van der Waals surface area (Å²) in [5.74, 6) is 0.661. The van der Waals surface area contributed by atoms with Crippen LogP contribution >= 0.6 is 0 Å². The Kier molecular flexibility index (Phi) is 4.32. The molecule has 16 heavy (non-hydrogen) atoms. The second-order valence-electron chi connectivity index (χ2n) is 3.75. The monoisotopic (exact) mass is 243 g/mol. The maximum absolute atomic E-state index is 11.2. The molecule has 0 saturated heterocycles. The number of hydrogen-bond donors (Lipinski definition) is 1. The van der Waals surface area contributed by atoms with E-state index < -0.39 is 9.84 Å². The van der Waals surface area contributed by atoms with Gasteiger partial charge in [0.25, 0.3) is 0 Å². The fraction of sp³-hybridized carbons (Fsp3) is 0.455. The van der Waals surface area contributed by atoms with Crippen molar-refractivity contribution in [1.29, 1.82) is 0 Å². The number of benzene rings is 1. The zero-order valence-electron chi connectivity index (χ0n) is 9.51. The summed E-state index contributed by atoms with van der Waals surface area (Å²) in [6, 6.07) is 6.40. The van der Waals surface area contributed by atoms with E-state index in [2.05, 4.69) is 0 Å². The van der Waals surface area contributed by atoms with Crippen molar-refractivity contribution < 1.29 is 13.2 Å². The van der Waals surface area contributed by atoms with Crippen molar-refractivity contribution in [1.82, 2.24) is 0 Å². The molecule has 2 N–H and O–H groups in total. The number of nitrogens with two attached hydrogens (primary N) is 1. The van der Waals surface area contributed by atoms with Crippen molar-refractivity contribution in [2.24, 2.45) is 5.73 Å². The van der Waals surface area contributed by atoms with Crippen LogP contribution in [0.25, 0.3) is 0 Å². The highest BCUT2D eigenvalue weighted by Gasteiger charge is 2.07. The number of rotatable bonds is 5. The molecule has 1 unspecified atom stereocenters. The molecule has 0 saturated carbocycles. The third-order valence-corrected chi connectivity index (χ3v) is 3.29. The summed E-state index contributed by atoms with van der Waals surface area (Å²) in [5.41, 5.74) is 5.40. The van der Waals surface area contributed by atoms with Gasteiger partial charge >= 0.3 is 0 Å². The first-order chi connectivity index (χ1) is 7.43. The van der Waals surface area contributed by atoms with Crippen LogP contribution in [0, 0.1) is 0 Å². The maximum Gasteiger partial charge on any atom is 0.175 e. The van der Waals surface area contributed by atoms with Crippen LogP contribution in [0.15, 0.2) is 29.2 Å². The lowest BCUT2D eigenvalue weighted by Crippen LogP contribution is -2.16. The molecule has 1 aromatic carbocycles. The first kappa shape index (κ1) is 13.0. The lowest BCUT2D eigenvalue weighted by atomic mass is 10.3. The van der Waals surface area contributed by atoms with Crippen molar-refractivity contribution >= 4 is 9.84 Å². The highest BCUT2D eigenvalue weighted by molar-refractivity contribution is 7.90. The molecule has 0 aliphatic carbocycles. The summed E-state index contributed by atoms with van der Waals surface area (Å²) in [4.78, 5) is 0.298. The molecule has 0 fully saturated rings. The van der Waals surface area contributed by atoms with E-state index in [4.69, 9.17) is 10.5 Å². The predicted molar refractivity (Wildman–Crippen MR) is 63.3 cm³/mol. The smallest absolute Gasteiger partial charge is 0.175 e. The van der Waals surface area contributed by atoms with E-state index >= 15 is 0 Å². The molecule has 0 aromatic heterocycles. The molecule has 5 heteroatoms. The molecule has 1 rings (SSSR count). The van der Waals surface area contributed by atoms with Crippen molar-refractivity contribution in [3.63, 3.8) is 0 Å². The highest BCUT2D eigenvalue weighted by Crippen LogP contribution is 2.17. The van der Waals surface area contributed by atoms with Gasteiger partial charge in [-0.3, -0.25) is 0 Å². The average Bonchev–Trinajstić information content (AvgIpc) is 2.17. The lowest BCUT2D eigenvalue weighted by Gasteiger charge is -2.13. The third-order valence-electron chi connectivity index (χ3n) is 2.16. The van der Waals surface area contributed by atoms with Gasteiger partial charge in [0.1, 0.15) is 5.75 Å². The number of hydrogen-bond acceptors (Lipinski definition) is 4. The van der Waals surface area contributed by atoms with E-state index in [1.54, 1.807) is 24.3 Å². The summed E-state index contributed by atoms with van der Waals surface area (Å²) in [5, 5.41) is 0. The Labute approximate surface area is 96.3 Å². The van der Waals surface area contributed by atoms with E-state index in [1.165, 1.54) is 6.26 Å². The number of ether oxygens (including phenoxy) is 1. The number of sulfone groups is 1. The quantitative estimate of drug-likeness (QED) is 0.843. The van der Waals surface area contributed by atoms with Gasteiger partial charge in [-0.1, -0.05) is 0 Å². The minimum atomic E-state index is -3.13. The van der Waals surface area contributed by atoms with Crippen molar-refractivity contribution in [3.8, 4) is 5.75 Å². The molecule has 0 heterocycles. The summed E-state index contributed by atoms with van der Waals surface area (Å²) in [6.45, 7) is 2.50. The van der Waals surface area contributed by atoms with E-state index in [-0.39, 0.29) is 6.10 Å². The first-order valence-electron chi connectivity index (χ1n) is 5.10. The standard InChI is InChI=1S/C11H17NO3S/c1-9(7-8-12)15-10-3-5-11(6-4-10)16(2,13)14/h3-6,9H,7-8,12H2,1-2H3. The van der Waals surface area contributed by atoms with Gasteiger partial charge in [0.2, 0.25) is 0 Å². The zero-order valence-corrected chi connectivity index (χ0v) is 10.3. The van der Waals surface area contributed by atoms with Crippen LogP contribution in [0.1, 0.15) is 13.3 Å². The van der Waals surface area contributed by atoms with Crippen LogP contribution in [0.4, 0.5) is 0 Å². The molecule has 0 spiro atoms. The molecule has 4 nitrogen and oxygen atoms in total. The lowest BCUT2D eigenvalue weighted by molar-refractivity contribution is 0.214. The summed E-state index contributed by atoms with van der Waals surface area (Å²) in [6.07, 6.45) is 1.99. The molecule has 0 amide bonds. The molecule has 0 radical (unpaired) electrons. The Bertz CT molecular complexity index is 425. The highest BCUT2D eigenvalue weighted by atomic mass is 32.2. The van der Waals surface area contributed by atoms with Crippen molar-refractivity contribution in [3.05, 3.63) is 24.3 Å². The van der Waals surface area contributed by atoms with E-state index in [0.717, 1.165) is 6.42 Å². The Morgan fingerprint density at radius 3 is 2.31 bits per heavy atom.